The number of aryl methyl sites for hydroxylation is 1. The van der Waals surface area contributed by atoms with Crippen molar-refractivity contribution in [2.75, 3.05) is 13.2 Å². The Kier molecular flexibility index (Phi) is 5.37. The number of carbonyl (C=O) groups is 3. The molecule has 1 aromatic rings. The summed E-state index contributed by atoms with van der Waals surface area (Å²) >= 11 is 0. The number of hydrogen-bond acceptors (Lipinski definition) is 6. The SMILES string of the molecule is CCOC(=O)c1cc(C(C)=O)c(C(=O)OCC)nc1C. The Morgan fingerprint density at radius 1 is 1.05 bits per heavy atom. The molecule has 0 radical (unpaired) electrons. The van der Waals surface area contributed by atoms with Crippen LogP contribution in [0.1, 0.15) is 57.7 Å². The van der Waals surface area contributed by atoms with Crippen molar-refractivity contribution in [1.29, 1.82) is 0 Å². The first-order valence-electron chi connectivity index (χ1n) is 6.29. The molecule has 6 heteroatoms. The molecule has 0 amide bonds. The average molecular weight is 279 g/mol. The van der Waals surface area contributed by atoms with Crippen LogP contribution in [0.25, 0.3) is 0 Å². The molecule has 0 aliphatic heterocycles. The summed E-state index contributed by atoms with van der Waals surface area (Å²) in [5.74, 6) is -1.63. The predicted octanol–water partition coefficient (Wildman–Crippen LogP) is 1.95. The van der Waals surface area contributed by atoms with Crippen LogP contribution in [0.4, 0.5) is 0 Å². The molecule has 0 N–H and O–H groups in total. The molecule has 1 rings (SSSR count). The van der Waals surface area contributed by atoms with Gasteiger partial charge in [0.1, 0.15) is 0 Å². The van der Waals surface area contributed by atoms with Gasteiger partial charge in [-0.05, 0) is 33.8 Å². The Labute approximate surface area is 117 Å². The number of nitrogens with zero attached hydrogens (tertiary/aromatic N) is 1. The maximum Gasteiger partial charge on any atom is 0.357 e. The highest BCUT2D eigenvalue weighted by atomic mass is 16.5. The maximum absolute atomic E-state index is 11.8. The van der Waals surface area contributed by atoms with Gasteiger partial charge in [-0.15, -0.1) is 0 Å². The molecule has 6 nitrogen and oxygen atoms in total. The second-order valence-corrected chi connectivity index (χ2v) is 4.01. The van der Waals surface area contributed by atoms with E-state index >= 15 is 0 Å². The lowest BCUT2D eigenvalue weighted by Crippen LogP contribution is -2.17. The second kappa shape index (κ2) is 6.79. The fourth-order valence-electron chi connectivity index (χ4n) is 1.64. The van der Waals surface area contributed by atoms with Crippen LogP contribution in [-0.4, -0.2) is 35.9 Å². The first kappa shape index (κ1) is 15.8. The number of pyridine rings is 1. The number of aromatic nitrogens is 1. The standard InChI is InChI=1S/C14H17NO5/c1-5-19-13(17)10-7-11(9(4)16)12(15-8(10)3)14(18)20-6-2/h7H,5-6H2,1-4H3. The van der Waals surface area contributed by atoms with Crippen LogP contribution < -0.4 is 0 Å². The Morgan fingerprint density at radius 3 is 2.10 bits per heavy atom. The number of Topliss-reactive ketones (excluding diaryl/α,β-unsaturated/α-hetero) is 1. The molecule has 0 fully saturated rings. The minimum atomic E-state index is -0.684. The van der Waals surface area contributed by atoms with Crippen molar-refractivity contribution < 1.29 is 23.9 Å². The van der Waals surface area contributed by atoms with E-state index in [0.717, 1.165) is 0 Å². The third-order valence-corrected chi connectivity index (χ3v) is 2.56. The first-order valence-corrected chi connectivity index (χ1v) is 6.29. The molecule has 0 bridgehead atoms. The van der Waals surface area contributed by atoms with Crippen LogP contribution in [0.15, 0.2) is 6.07 Å². The molecule has 1 heterocycles. The molecular formula is C14H17NO5. The molecule has 0 aromatic carbocycles. The summed E-state index contributed by atoms with van der Waals surface area (Å²) in [6.45, 7) is 6.59. The average Bonchev–Trinajstić information content (AvgIpc) is 2.38. The van der Waals surface area contributed by atoms with Crippen molar-refractivity contribution >= 4 is 17.7 Å². The van der Waals surface area contributed by atoms with Gasteiger partial charge in [0.05, 0.1) is 30.0 Å². The van der Waals surface area contributed by atoms with E-state index in [0.29, 0.717) is 5.69 Å². The van der Waals surface area contributed by atoms with Crippen LogP contribution in [0.3, 0.4) is 0 Å². The highest BCUT2D eigenvalue weighted by molar-refractivity contribution is 6.06. The quantitative estimate of drug-likeness (QED) is 0.605. The van der Waals surface area contributed by atoms with Crippen molar-refractivity contribution in [1.82, 2.24) is 4.98 Å². The summed E-state index contributed by atoms with van der Waals surface area (Å²) in [6, 6.07) is 1.33. The molecule has 0 saturated heterocycles. The minimum absolute atomic E-state index is 0.0529. The molecule has 0 spiro atoms. The molecule has 20 heavy (non-hydrogen) atoms. The van der Waals surface area contributed by atoms with Crippen molar-refractivity contribution in [2.45, 2.75) is 27.7 Å². The third kappa shape index (κ3) is 3.40. The van der Waals surface area contributed by atoms with E-state index in [1.165, 1.54) is 13.0 Å². The maximum atomic E-state index is 11.8. The van der Waals surface area contributed by atoms with Gasteiger partial charge in [0.25, 0.3) is 0 Å². The van der Waals surface area contributed by atoms with Gasteiger partial charge in [0.15, 0.2) is 11.5 Å². The molecular weight excluding hydrogens is 262 g/mol. The van der Waals surface area contributed by atoms with Gasteiger partial charge < -0.3 is 9.47 Å². The molecule has 0 atom stereocenters. The van der Waals surface area contributed by atoms with Gasteiger partial charge >= 0.3 is 11.9 Å². The number of ether oxygens (including phenoxy) is 2. The fraction of sp³-hybridized carbons (Fsp3) is 0.429. The number of esters is 2. The van der Waals surface area contributed by atoms with Gasteiger partial charge in [-0.25, -0.2) is 14.6 Å². The summed E-state index contributed by atoms with van der Waals surface area (Å²) < 4.78 is 9.74. The molecule has 0 saturated carbocycles. The summed E-state index contributed by atoms with van der Waals surface area (Å²) in [6.07, 6.45) is 0. The van der Waals surface area contributed by atoms with Crippen LogP contribution in [-0.2, 0) is 9.47 Å². The highest BCUT2D eigenvalue weighted by Gasteiger charge is 2.22. The van der Waals surface area contributed by atoms with E-state index in [2.05, 4.69) is 4.98 Å². The number of carbonyl (C=O) groups excluding carboxylic acids is 3. The summed E-state index contributed by atoms with van der Waals surface area (Å²) in [7, 11) is 0. The second-order valence-electron chi connectivity index (χ2n) is 4.01. The van der Waals surface area contributed by atoms with Crippen molar-refractivity contribution in [2.24, 2.45) is 0 Å². The number of ketones is 1. The van der Waals surface area contributed by atoms with Gasteiger partial charge in [-0.2, -0.15) is 0 Å². The Bertz CT molecular complexity index is 551. The summed E-state index contributed by atoms with van der Waals surface area (Å²) in [4.78, 5) is 39.2. The molecule has 108 valence electrons. The fourth-order valence-corrected chi connectivity index (χ4v) is 1.64. The molecule has 0 aliphatic carbocycles. The van der Waals surface area contributed by atoms with Crippen LogP contribution >= 0.6 is 0 Å². The smallest absolute Gasteiger partial charge is 0.357 e. The lowest BCUT2D eigenvalue weighted by Gasteiger charge is -2.10. The van der Waals surface area contributed by atoms with Crippen molar-refractivity contribution in [3.8, 4) is 0 Å². The summed E-state index contributed by atoms with van der Waals surface area (Å²) in [5, 5.41) is 0. The van der Waals surface area contributed by atoms with Crippen LogP contribution in [0.5, 0.6) is 0 Å². The van der Waals surface area contributed by atoms with E-state index in [9.17, 15) is 14.4 Å². The lowest BCUT2D eigenvalue weighted by molar-refractivity contribution is 0.0502. The topological polar surface area (TPSA) is 82.6 Å². The van der Waals surface area contributed by atoms with Gasteiger partial charge in [-0.1, -0.05) is 0 Å². The van der Waals surface area contributed by atoms with Crippen molar-refractivity contribution in [3.63, 3.8) is 0 Å². The monoisotopic (exact) mass is 279 g/mol. The van der Waals surface area contributed by atoms with E-state index in [1.807, 2.05) is 0 Å². The van der Waals surface area contributed by atoms with Crippen molar-refractivity contribution in [3.05, 3.63) is 28.6 Å². The predicted molar refractivity (Wildman–Crippen MR) is 70.9 cm³/mol. The first-order chi connectivity index (χ1) is 9.42. The van der Waals surface area contributed by atoms with Gasteiger partial charge in [-0.3, -0.25) is 4.79 Å². The normalized spacial score (nSPS) is 10.0. The van der Waals surface area contributed by atoms with Crippen LogP contribution in [0.2, 0.25) is 0 Å². The van der Waals surface area contributed by atoms with E-state index < -0.39 is 11.9 Å². The molecule has 0 aliphatic rings. The zero-order valence-electron chi connectivity index (χ0n) is 12.0. The summed E-state index contributed by atoms with van der Waals surface area (Å²) in [5.41, 5.74) is 0.462. The highest BCUT2D eigenvalue weighted by Crippen LogP contribution is 2.16. The largest absolute Gasteiger partial charge is 0.462 e. The molecule has 1 aromatic heterocycles. The Balaban J connectivity index is 3.35. The zero-order valence-corrected chi connectivity index (χ0v) is 12.0. The number of hydrogen-bond donors (Lipinski definition) is 0. The molecule has 0 unspecified atom stereocenters. The van der Waals surface area contributed by atoms with E-state index in [-0.39, 0.29) is 35.8 Å². The lowest BCUT2D eigenvalue weighted by atomic mass is 10.0. The number of rotatable bonds is 5. The minimum Gasteiger partial charge on any atom is -0.462 e. The Morgan fingerprint density at radius 2 is 1.60 bits per heavy atom. The zero-order chi connectivity index (χ0) is 15.3. The Hall–Kier alpha value is -2.24. The van der Waals surface area contributed by atoms with E-state index in [1.54, 1.807) is 20.8 Å². The third-order valence-electron chi connectivity index (χ3n) is 2.56. The van der Waals surface area contributed by atoms with Gasteiger partial charge in [0.2, 0.25) is 0 Å². The van der Waals surface area contributed by atoms with Crippen LogP contribution in [0, 0.1) is 6.92 Å². The van der Waals surface area contributed by atoms with E-state index in [4.69, 9.17) is 9.47 Å². The van der Waals surface area contributed by atoms with Gasteiger partial charge in [0, 0.05) is 0 Å².